The Morgan fingerprint density at radius 2 is 2.00 bits per heavy atom. The van der Waals surface area contributed by atoms with Gasteiger partial charge in [0.15, 0.2) is 0 Å². The molecule has 0 amide bonds. The molecule has 0 aliphatic carbocycles. The molecule has 1 saturated heterocycles. The molecule has 0 saturated carbocycles. The number of likely N-dealkylation sites (tertiary alicyclic amines) is 1. The van der Waals surface area contributed by atoms with E-state index in [1.807, 2.05) is 30.3 Å². The maximum Gasteiger partial charge on any atom is 0.105 e. The van der Waals surface area contributed by atoms with Crippen LogP contribution < -0.4 is 0 Å². The van der Waals surface area contributed by atoms with E-state index in [2.05, 4.69) is 27.9 Å². The average molecular weight is 351 g/mol. The van der Waals surface area contributed by atoms with E-state index in [4.69, 9.17) is 0 Å². The van der Waals surface area contributed by atoms with Gasteiger partial charge in [-0.25, -0.2) is 0 Å². The maximum atomic E-state index is 10.7. The van der Waals surface area contributed by atoms with E-state index < -0.39 is 5.60 Å². The number of piperidine rings is 1. The van der Waals surface area contributed by atoms with Crippen molar-refractivity contribution in [2.75, 3.05) is 20.1 Å². The summed E-state index contributed by atoms with van der Waals surface area (Å²) in [4.78, 5) is 2.34. The number of halogens is 2. The van der Waals surface area contributed by atoms with E-state index in [9.17, 15) is 5.11 Å². The molecule has 1 aliphatic rings. The van der Waals surface area contributed by atoms with Gasteiger partial charge >= 0.3 is 0 Å². The minimum absolute atomic E-state index is 0. The van der Waals surface area contributed by atoms with Crippen LogP contribution in [0.2, 0.25) is 0 Å². The maximum absolute atomic E-state index is 10.7. The fourth-order valence-electron chi connectivity index (χ4n) is 2.09. The molecule has 1 fully saturated rings. The molecule has 1 N–H and O–H groups in total. The number of nitrogens with zero attached hydrogens (tertiary/aromatic N) is 1. The van der Waals surface area contributed by atoms with Crippen LogP contribution in [0, 0.1) is 0 Å². The van der Waals surface area contributed by atoms with E-state index in [0.29, 0.717) is 0 Å². The lowest BCUT2D eigenvalue weighted by Crippen LogP contribution is -2.49. The van der Waals surface area contributed by atoms with Crippen LogP contribution in [0.3, 0.4) is 0 Å². The third-order valence-corrected chi connectivity index (χ3v) is 4.19. The number of hydrogen-bond acceptors (Lipinski definition) is 2. The quantitative estimate of drug-likeness (QED) is 0.787. The van der Waals surface area contributed by atoms with E-state index in [0.717, 1.165) is 25.1 Å². The van der Waals surface area contributed by atoms with Gasteiger partial charge in [0.05, 0.1) is 4.83 Å². The minimum Gasteiger partial charge on any atom is -0.384 e. The molecule has 1 aliphatic heterocycles. The Morgan fingerprint density at radius 1 is 1.38 bits per heavy atom. The number of hydrogen-bond donors (Lipinski definition) is 1. The van der Waals surface area contributed by atoms with Gasteiger partial charge in [0, 0.05) is 13.1 Å². The summed E-state index contributed by atoms with van der Waals surface area (Å²) in [5, 5.41) is 10.7. The van der Waals surface area contributed by atoms with Crippen molar-refractivity contribution >= 4 is 32.9 Å². The third-order valence-electron chi connectivity index (χ3n) is 3.14. The van der Waals surface area contributed by atoms with Gasteiger partial charge in [-0.2, -0.15) is 0 Å². The first-order chi connectivity index (χ1) is 7.13. The molecule has 1 aromatic carbocycles. The van der Waals surface area contributed by atoms with Gasteiger partial charge in [0.2, 0.25) is 0 Å². The Labute approximate surface area is 116 Å². The highest BCUT2D eigenvalue weighted by atomic mass is 79.9. The summed E-state index contributed by atoms with van der Waals surface area (Å²) in [6, 6.07) is 9.93. The molecule has 2 atom stereocenters. The van der Waals surface area contributed by atoms with Gasteiger partial charge in [-0.05, 0) is 19.0 Å². The fraction of sp³-hybridized carbons (Fsp3) is 0.500. The van der Waals surface area contributed by atoms with Gasteiger partial charge in [0.1, 0.15) is 5.60 Å². The SMILES string of the molecule is Br.CN1CCC(O)(c2ccccc2)C(Br)C1. The normalized spacial score (nSPS) is 30.8. The molecule has 2 rings (SSSR count). The van der Waals surface area contributed by atoms with Crippen LogP contribution in [-0.4, -0.2) is 35.0 Å². The first-order valence-electron chi connectivity index (χ1n) is 5.23. The van der Waals surface area contributed by atoms with E-state index in [1.165, 1.54) is 0 Å². The zero-order valence-electron chi connectivity index (χ0n) is 9.27. The van der Waals surface area contributed by atoms with Crippen LogP contribution in [0.4, 0.5) is 0 Å². The Bertz CT molecular complexity index is 333. The zero-order chi connectivity index (χ0) is 10.9. The standard InChI is InChI=1S/C12H16BrNO.BrH/c1-14-8-7-12(15,11(13)9-14)10-5-3-2-4-6-10;/h2-6,11,15H,7-9H2,1H3;1H. The lowest BCUT2D eigenvalue weighted by atomic mass is 9.84. The topological polar surface area (TPSA) is 23.5 Å². The summed E-state index contributed by atoms with van der Waals surface area (Å²) in [5.41, 5.74) is 0.299. The molecule has 16 heavy (non-hydrogen) atoms. The van der Waals surface area contributed by atoms with Crippen molar-refractivity contribution in [2.45, 2.75) is 16.8 Å². The molecule has 1 aromatic rings. The summed E-state index contributed by atoms with van der Waals surface area (Å²) in [6.07, 6.45) is 0.781. The largest absolute Gasteiger partial charge is 0.384 e. The van der Waals surface area contributed by atoms with Crippen LogP contribution in [0.1, 0.15) is 12.0 Å². The zero-order valence-corrected chi connectivity index (χ0v) is 12.6. The van der Waals surface area contributed by atoms with E-state index in [-0.39, 0.29) is 21.8 Å². The predicted octanol–water partition coefficient (Wildman–Crippen LogP) is 2.55. The summed E-state index contributed by atoms with van der Waals surface area (Å²) in [7, 11) is 2.08. The summed E-state index contributed by atoms with van der Waals surface area (Å²) < 4.78 is 0. The second-order valence-corrected chi connectivity index (χ2v) is 5.38. The van der Waals surface area contributed by atoms with Crippen molar-refractivity contribution in [3.8, 4) is 0 Å². The van der Waals surface area contributed by atoms with E-state index in [1.54, 1.807) is 0 Å². The second-order valence-electron chi connectivity index (χ2n) is 4.27. The minimum atomic E-state index is -0.715. The molecular formula is C12H17Br2NO. The Morgan fingerprint density at radius 3 is 2.56 bits per heavy atom. The molecule has 4 heteroatoms. The van der Waals surface area contributed by atoms with Crippen LogP contribution in [-0.2, 0) is 5.60 Å². The van der Waals surface area contributed by atoms with Gasteiger partial charge in [-0.15, -0.1) is 17.0 Å². The van der Waals surface area contributed by atoms with Crippen molar-refractivity contribution < 1.29 is 5.11 Å². The van der Waals surface area contributed by atoms with Crippen molar-refractivity contribution in [2.24, 2.45) is 0 Å². The smallest absolute Gasteiger partial charge is 0.105 e. The summed E-state index contributed by atoms with van der Waals surface area (Å²) >= 11 is 3.60. The van der Waals surface area contributed by atoms with Crippen molar-refractivity contribution in [1.29, 1.82) is 0 Å². The molecular weight excluding hydrogens is 334 g/mol. The molecule has 0 spiro atoms. The fourth-order valence-corrected chi connectivity index (χ4v) is 3.07. The number of alkyl halides is 1. The van der Waals surface area contributed by atoms with Crippen LogP contribution >= 0.6 is 32.9 Å². The molecule has 90 valence electrons. The summed E-state index contributed by atoms with van der Waals surface area (Å²) in [5.74, 6) is 0. The Hall–Kier alpha value is 0.100. The Balaban J connectivity index is 0.00000128. The lowest BCUT2D eigenvalue weighted by Gasteiger charge is -2.41. The molecule has 0 radical (unpaired) electrons. The second kappa shape index (κ2) is 5.63. The lowest BCUT2D eigenvalue weighted by molar-refractivity contribution is -0.0113. The van der Waals surface area contributed by atoms with Crippen molar-refractivity contribution in [3.05, 3.63) is 35.9 Å². The van der Waals surface area contributed by atoms with Gasteiger partial charge in [0.25, 0.3) is 0 Å². The molecule has 2 unspecified atom stereocenters. The average Bonchev–Trinajstić information content (AvgIpc) is 2.25. The first-order valence-corrected chi connectivity index (χ1v) is 6.15. The molecule has 0 aromatic heterocycles. The monoisotopic (exact) mass is 349 g/mol. The van der Waals surface area contributed by atoms with Crippen LogP contribution in [0.15, 0.2) is 30.3 Å². The predicted molar refractivity (Wildman–Crippen MR) is 75.5 cm³/mol. The Kier molecular flexibility index (Phi) is 4.98. The first kappa shape index (κ1) is 14.2. The summed E-state index contributed by atoms with van der Waals surface area (Å²) in [6.45, 7) is 1.82. The number of rotatable bonds is 1. The van der Waals surface area contributed by atoms with Crippen LogP contribution in [0.5, 0.6) is 0 Å². The highest BCUT2D eigenvalue weighted by Crippen LogP contribution is 2.36. The number of aliphatic hydroxyl groups is 1. The highest BCUT2D eigenvalue weighted by molar-refractivity contribution is 9.09. The third kappa shape index (κ3) is 2.67. The van der Waals surface area contributed by atoms with Crippen molar-refractivity contribution in [1.82, 2.24) is 4.90 Å². The van der Waals surface area contributed by atoms with E-state index >= 15 is 0 Å². The van der Waals surface area contributed by atoms with Gasteiger partial charge in [-0.1, -0.05) is 46.3 Å². The molecule has 0 bridgehead atoms. The van der Waals surface area contributed by atoms with Crippen LogP contribution in [0.25, 0.3) is 0 Å². The van der Waals surface area contributed by atoms with Crippen molar-refractivity contribution in [3.63, 3.8) is 0 Å². The number of benzene rings is 1. The van der Waals surface area contributed by atoms with Gasteiger partial charge in [-0.3, -0.25) is 0 Å². The molecule has 1 heterocycles. The highest BCUT2D eigenvalue weighted by Gasteiger charge is 2.40. The molecule has 2 nitrogen and oxygen atoms in total. The van der Waals surface area contributed by atoms with Gasteiger partial charge < -0.3 is 10.0 Å².